The summed E-state index contributed by atoms with van der Waals surface area (Å²) < 4.78 is 5.21. The van der Waals surface area contributed by atoms with Crippen LogP contribution in [0.2, 0.25) is 0 Å². The molecule has 0 aromatic carbocycles. The van der Waals surface area contributed by atoms with E-state index in [1.165, 1.54) is 0 Å². The van der Waals surface area contributed by atoms with Crippen molar-refractivity contribution in [1.82, 2.24) is 15.2 Å². The first-order valence-electron chi connectivity index (χ1n) is 8.34. The zero-order valence-electron chi connectivity index (χ0n) is 15.1. The lowest BCUT2D eigenvalue weighted by Crippen LogP contribution is -2.36. The third kappa shape index (κ3) is 5.01. The minimum atomic E-state index is -0.549. The maximum absolute atomic E-state index is 12.5. The molecule has 0 bridgehead atoms. The SMILES string of the molecule is CN1C(=O)C[C@H](C(=O)NCCC(=O)OC(C)(C)C)[C@H]1c1cccnc1. The van der Waals surface area contributed by atoms with Gasteiger partial charge in [-0.15, -0.1) is 0 Å². The van der Waals surface area contributed by atoms with Crippen molar-refractivity contribution in [2.45, 2.75) is 45.3 Å². The smallest absolute Gasteiger partial charge is 0.308 e. The zero-order chi connectivity index (χ0) is 18.6. The number of aromatic nitrogens is 1. The molecule has 1 aliphatic heterocycles. The average molecular weight is 347 g/mol. The first-order valence-corrected chi connectivity index (χ1v) is 8.34. The number of carbonyl (C=O) groups excluding carboxylic acids is 3. The molecule has 1 aromatic rings. The maximum Gasteiger partial charge on any atom is 0.308 e. The number of likely N-dealkylation sites (tertiary alicyclic amines) is 1. The van der Waals surface area contributed by atoms with Crippen molar-refractivity contribution in [2.75, 3.05) is 13.6 Å². The number of hydrogen-bond acceptors (Lipinski definition) is 5. The summed E-state index contributed by atoms with van der Waals surface area (Å²) in [7, 11) is 1.69. The molecule has 2 heterocycles. The molecular weight excluding hydrogens is 322 g/mol. The van der Waals surface area contributed by atoms with Gasteiger partial charge in [0.25, 0.3) is 0 Å². The predicted molar refractivity (Wildman–Crippen MR) is 91.3 cm³/mol. The highest BCUT2D eigenvalue weighted by atomic mass is 16.6. The van der Waals surface area contributed by atoms with Crippen LogP contribution in [-0.2, 0) is 19.1 Å². The Balaban J connectivity index is 1.96. The van der Waals surface area contributed by atoms with E-state index in [4.69, 9.17) is 4.74 Å². The molecule has 1 saturated heterocycles. The van der Waals surface area contributed by atoms with E-state index < -0.39 is 11.5 Å². The molecular formula is C18H25N3O4. The van der Waals surface area contributed by atoms with E-state index in [9.17, 15) is 14.4 Å². The van der Waals surface area contributed by atoms with E-state index in [0.29, 0.717) is 0 Å². The quantitative estimate of drug-likeness (QED) is 0.815. The molecule has 2 rings (SSSR count). The Morgan fingerprint density at radius 1 is 1.40 bits per heavy atom. The Hall–Kier alpha value is -2.44. The van der Waals surface area contributed by atoms with E-state index in [2.05, 4.69) is 10.3 Å². The van der Waals surface area contributed by atoms with Gasteiger partial charge in [-0.1, -0.05) is 6.07 Å². The molecule has 1 aromatic heterocycles. The monoisotopic (exact) mass is 347 g/mol. The molecule has 7 nitrogen and oxygen atoms in total. The molecule has 136 valence electrons. The molecule has 0 radical (unpaired) electrons. The van der Waals surface area contributed by atoms with Crippen LogP contribution in [-0.4, -0.2) is 46.9 Å². The summed E-state index contributed by atoms with van der Waals surface area (Å²) in [4.78, 5) is 41.9. The van der Waals surface area contributed by atoms with Crippen LogP contribution in [0.3, 0.4) is 0 Å². The molecule has 0 unspecified atom stereocenters. The van der Waals surface area contributed by atoms with Crippen molar-refractivity contribution >= 4 is 17.8 Å². The first-order chi connectivity index (χ1) is 11.7. The summed E-state index contributed by atoms with van der Waals surface area (Å²) >= 11 is 0. The van der Waals surface area contributed by atoms with Gasteiger partial charge >= 0.3 is 5.97 Å². The summed E-state index contributed by atoms with van der Waals surface area (Å²) in [5.41, 5.74) is 0.274. The lowest BCUT2D eigenvalue weighted by Gasteiger charge is -2.24. The summed E-state index contributed by atoms with van der Waals surface area (Å²) in [6.45, 7) is 5.56. The van der Waals surface area contributed by atoms with Crippen LogP contribution < -0.4 is 5.32 Å². The second kappa shape index (κ2) is 7.63. The molecule has 25 heavy (non-hydrogen) atoms. The fourth-order valence-electron chi connectivity index (χ4n) is 2.92. The Morgan fingerprint density at radius 3 is 2.72 bits per heavy atom. The highest BCUT2D eigenvalue weighted by Crippen LogP contribution is 2.36. The number of esters is 1. The third-order valence-electron chi connectivity index (χ3n) is 4.00. The normalized spacial score (nSPS) is 20.5. The van der Waals surface area contributed by atoms with Crippen LogP contribution in [0.25, 0.3) is 0 Å². The zero-order valence-corrected chi connectivity index (χ0v) is 15.1. The number of amides is 2. The van der Waals surface area contributed by atoms with Crippen molar-refractivity contribution < 1.29 is 19.1 Å². The Bertz CT molecular complexity index is 639. The van der Waals surface area contributed by atoms with Gasteiger partial charge in [-0.2, -0.15) is 0 Å². The van der Waals surface area contributed by atoms with E-state index >= 15 is 0 Å². The highest BCUT2D eigenvalue weighted by molar-refractivity contribution is 5.90. The van der Waals surface area contributed by atoms with Gasteiger partial charge in [0, 0.05) is 32.4 Å². The molecule has 2 atom stereocenters. The van der Waals surface area contributed by atoms with Crippen molar-refractivity contribution in [2.24, 2.45) is 5.92 Å². The standard InChI is InChI=1S/C18H25N3O4/c1-18(2,3)25-15(23)7-9-20-17(24)13-10-14(22)21(4)16(13)12-6-5-8-19-11-12/h5-6,8,11,13,16H,7,9-10H2,1-4H3,(H,20,24)/t13-,16+/m0/s1. The van der Waals surface area contributed by atoms with E-state index in [1.807, 2.05) is 6.07 Å². The van der Waals surface area contributed by atoms with Gasteiger partial charge in [-0.3, -0.25) is 19.4 Å². The van der Waals surface area contributed by atoms with E-state index in [-0.39, 0.29) is 43.2 Å². The van der Waals surface area contributed by atoms with Gasteiger partial charge in [0.05, 0.1) is 18.4 Å². The van der Waals surface area contributed by atoms with Gasteiger partial charge in [-0.05, 0) is 32.4 Å². The molecule has 7 heteroatoms. The van der Waals surface area contributed by atoms with Crippen LogP contribution >= 0.6 is 0 Å². The van der Waals surface area contributed by atoms with Crippen LogP contribution in [0, 0.1) is 5.92 Å². The number of pyridine rings is 1. The van der Waals surface area contributed by atoms with Crippen molar-refractivity contribution in [3.63, 3.8) is 0 Å². The van der Waals surface area contributed by atoms with Gasteiger partial charge < -0.3 is 15.0 Å². The van der Waals surface area contributed by atoms with Crippen molar-refractivity contribution in [1.29, 1.82) is 0 Å². The van der Waals surface area contributed by atoms with Crippen LogP contribution in [0.1, 0.15) is 45.2 Å². The van der Waals surface area contributed by atoms with Gasteiger partial charge in [0.15, 0.2) is 0 Å². The Labute approximate surface area is 147 Å². The lowest BCUT2D eigenvalue weighted by molar-refractivity contribution is -0.154. The van der Waals surface area contributed by atoms with Crippen molar-refractivity contribution in [3.05, 3.63) is 30.1 Å². The summed E-state index contributed by atoms with van der Waals surface area (Å²) in [6.07, 6.45) is 3.56. The molecule has 2 amide bonds. The lowest BCUT2D eigenvalue weighted by atomic mass is 9.94. The van der Waals surface area contributed by atoms with Gasteiger partial charge in [-0.25, -0.2) is 0 Å². The third-order valence-corrected chi connectivity index (χ3v) is 4.00. The summed E-state index contributed by atoms with van der Waals surface area (Å²) in [5, 5.41) is 2.74. The van der Waals surface area contributed by atoms with Crippen LogP contribution in [0.4, 0.5) is 0 Å². The highest BCUT2D eigenvalue weighted by Gasteiger charge is 2.42. The number of ether oxygens (including phenoxy) is 1. The molecule has 1 aliphatic rings. The fourth-order valence-corrected chi connectivity index (χ4v) is 2.92. The summed E-state index contributed by atoms with van der Waals surface area (Å²) in [6, 6.07) is 3.29. The predicted octanol–water partition coefficient (Wildman–Crippen LogP) is 1.45. The van der Waals surface area contributed by atoms with Crippen LogP contribution in [0.5, 0.6) is 0 Å². The number of hydrogen-bond donors (Lipinski definition) is 1. The average Bonchev–Trinajstić information content (AvgIpc) is 2.82. The largest absolute Gasteiger partial charge is 0.460 e. The maximum atomic E-state index is 12.5. The molecule has 1 N–H and O–H groups in total. The minimum absolute atomic E-state index is 0.0823. The number of nitrogens with one attached hydrogen (secondary N) is 1. The summed E-state index contributed by atoms with van der Waals surface area (Å²) in [5.74, 6) is -1.19. The van der Waals surface area contributed by atoms with Crippen molar-refractivity contribution in [3.8, 4) is 0 Å². The molecule has 0 aliphatic carbocycles. The molecule has 0 saturated carbocycles. The second-order valence-electron chi connectivity index (χ2n) is 7.17. The van der Waals surface area contributed by atoms with Gasteiger partial charge in [0.1, 0.15) is 5.60 Å². The number of carbonyl (C=O) groups is 3. The Morgan fingerprint density at radius 2 is 2.12 bits per heavy atom. The number of nitrogens with zero attached hydrogens (tertiary/aromatic N) is 2. The van der Waals surface area contributed by atoms with E-state index in [0.717, 1.165) is 5.56 Å². The van der Waals surface area contributed by atoms with E-state index in [1.54, 1.807) is 51.2 Å². The topological polar surface area (TPSA) is 88.6 Å². The minimum Gasteiger partial charge on any atom is -0.460 e. The second-order valence-corrected chi connectivity index (χ2v) is 7.17. The fraction of sp³-hybridized carbons (Fsp3) is 0.556. The molecule has 1 fully saturated rings. The number of rotatable bonds is 5. The molecule has 0 spiro atoms. The van der Waals surface area contributed by atoms with Gasteiger partial charge in [0.2, 0.25) is 11.8 Å². The van der Waals surface area contributed by atoms with Crippen LogP contribution in [0.15, 0.2) is 24.5 Å². The Kier molecular flexibility index (Phi) is 5.77. The first kappa shape index (κ1) is 18.9.